The van der Waals surface area contributed by atoms with Gasteiger partial charge in [-0.3, -0.25) is 14.4 Å². The normalized spacial score (nSPS) is 32.1. The molecule has 2 fully saturated rings. The van der Waals surface area contributed by atoms with Crippen LogP contribution in [0.5, 0.6) is 0 Å². The smallest absolute Gasteiger partial charge is 0.311 e. The number of fused-ring (bicyclic) bond motifs is 3. The number of hydrogen-bond acceptors (Lipinski definition) is 8. The summed E-state index contributed by atoms with van der Waals surface area (Å²) in [5.41, 5.74) is 1.55. The summed E-state index contributed by atoms with van der Waals surface area (Å²) in [6.45, 7) is 0.997. The van der Waals surface area contributed by atoms with Gasteiger partial charge in [0.1, 0.15) is 18.2 Å². The van der Waals surface area contributed by atoms with Gasteiger partial charge in [-0.15, -0.1) is 16.9 Å². The van der Waals surface area contributed by atoms with Crippen LogP contribution >= 0.6 is 11.8 Å². The van der Waals surface area contributed by atoms with Crippen molar-refractivity contribution < 1.29 is 24.2 Å². The zero-order chi connectivity index (χ0) is 26.3. The summed E-state index contributed by atoms with van der Waals surface area (Å²) >= 11 is 1.53. The highest BCUT2D eigenvalue weighted by Crippen LogP contribution is 2.60. The number of ether oxygens (including phenoxy) is 1. The molecule has 0 saturated carbocycles. The zero-order valence-electron chi connectivity index (χ0n) is 21.0. The topological polar surface area (TPSA) is 118 Å². The monoisotopic (exact) mass is 537 g/mol. The Bertz CT molecular complexity index is 1310. The number of aliphatic hydroxyl groups is 1. The van der Waals surface area contributed by atoms with Crippen molar-refractivity contribution >= 4 is 40.6 Å². The minimum absolute atomic E-state index is 0.100. The summed E-state index contributed by atoms with van der Waals surface area (Å²) in [4.78, 5) is 44.9. The lowest BCUT2D eigenvalue weighted by atomic mass is 9.78. The second-order valence-corrected chi connectivity index (χ2v) is 11.7. The van der Waals surface area contributed by atoms with Gasteiger partial charge in [-0.1, -0.05) is 41.7 Å². The number of carbonyl (C=O) groups is 3. The van der Waals surface area contributed by atoms with E-state index in [2.05, 4.69) is 16.4 Å². The molecule has 1 aromatic heterocycles. The number of esters is 1. The molecule has 1 aromatic carbocycles. The van der Waals surface area contributed by atoms with E-state index in [1.54, 1.807) is 14.5 Å². The third kappa shape index (κ3) is 4.03. The summed E-state index contributed by atoms with van der Waals surface area (Å²) in [6, 6.07) is 6.76. The number of hydrogen-bond donors (Lipinski definition) is 1. The molecule has 10 nitrogen and oxygen atoms in total. The third-order valence-electron chi connectivity index (χ3n) is 7.97. The summed E-state index contributed by atoms with van der Waals surface area (Å²) in [6.07, 6.45) is 11.0. The summed E-state index contributed by atoms with van der Waals surface area (Å²) in [5, 5.41) is 17.8. The molecule has 6 rings (SSSR count). The van der Waals surface area contributed by atoms with Crippen LogP contribution in [0.3, 0.4) is 0 Å². The SMILES string of the molecule is O=C1OCCCC/C=C\[C@H]2S[C@]34C=CCN(Cn5nnc6ccccc65)C(=O)C3N(CCCO)C(=O)[C@@H]4[C@@H]12. The van der Waals surface area contributed by atoms with Crippen molar-refractivity contribution in [1.82, 2.24) is 24.8 Å². The van der Waals surface area contributed by atoms with E-state index in [0.29, 0.717) is 19.6 Å². The number of amides is 2. The van der Waals surface area contributed by atoms with Crippen molar-refractivity contribution in [3.63, 3.8) is 0 Å². The fourth-order valence-electron chi connectivity index (χ4n) is 6.25. The van der Waals surface area contributed by atoms with Crippen molar-refractivity contribution in [2.24, 2.45) is 11.8 Å². The molecule has 38 heavy (non-hydrogen) atoms. The van der Waals surface area contributed by atoms with E-state index in [4.69, 9.17) is 4.74 Å². The van der Waals surface area contributed by atoms with Gasteiger partial charge in [-0.05, 0) is 37.8 Å². The quantitative estimate of drug-likeness (QED) is 0.453. The number of likely N-dealkylation sites (tertiary alicyclic amines) is 1. The number of carbonyl (C=O) groups excluding carboxylic acids is 3. The zero-order valence-corrected chi connectivity index (χ0v) is 21.8. The van der Waals surface area contributed by atoms with E-state index in [1.807, 2.05) is 42.5 Å². The maximum atomic E-state index is 14.3. The molecule has 2 aromatic rings. The van der Waals surface area contributed by atoms with E-state index in [0.717, 1.165) is 30.3 Å². The number of cyclic esters (lactones) is 1. The summed E-state index contributed by atoms with van der Waals surface area (Å²) < 4.78 is 6.42. The Morgan fingerprint density at radius 2 is 2.00 bits per heavy atom. The van der Waals surface area contributed by atoms with Gasteiger partial charge in [0.2, 0.25) is 11.8 Å². The lowest BCUT2D eigenvalue weighted by molar-refractivity contribution is -0.153. The number of thioether (sulfide) groups is 1. The van der Waals surface area contributed by atoms with Gasteiger partial charge in [0.05, 0.1) is 28.7 Å². The first-order valence-electron chi connectivity index (χ1n) is 13.2. The first kappa shape index (κ1) is 25.1. The van der Waals surface area contributed by atoms with Gasteiger partial charge in [0, 0.05) is 24.9 Å². The number of benzene rings is 1. The largest absolute Gasteiger partial charge is 0.465 e. The van der Waals surface area contributed by atoms with Gasteiger partial charge in [0.15, 0.2) is 0 Å². The van der Waals surface area contributed by atoms with Gasteiger partial charge >= 0.3 is 5.97 Å². The van der Waals surface area contributed by atoms with Crippen LogP contribution in [0.15, 0.2) is 48.6 Å². The van der Waals surface area contributed by atoms with Crippen LogP contribution in [0.25, 0.3) is 11.0 Å². The Morgan fingerprint density at radius 3 is 2.87 bits per heavy atom. The molecule has 2 amide bonds. The van der Waals surface area contributed by atoms with Gasteiger partial charge < -0.3 is 19.6 Å². The van der Waals surface area contributed by atoms with Crippen molar-refractivity contribution in [2.75, 3.05) is 26.3 Å². The Morgan fingerprint density at radius 1 is 1.13 bits per heavy atom. The van der Waals surface area contributed by atoms with Crippen molar-refractivity contribution in [3.8, 4) is 0 Å². The van der Waals surface area contributed by atoms with Gasteiger partial charge in [0.25, 0.3) is 0 Å². The number of rotatable bonds is 5. The van der Waals surface area contributed by atoms with E-state index in [9.17, 15) is 19.5 Å². The highest BCUT2D eigenvalue weighted by molar-refractivity contribution is 8.02. The van der Waals surface area contributed by atoms with Crippen molar-refractivity contribution in [2.45, 2.75) is 48.4 Å². The Balaban J connectivity index is 1.39. The van der Waals surface area contributed by atoms with E-state index in [-0.39, 0.29) is 42.9 Å². The minimum Gasteiger partial charge on any atom is -0.465 e. The van der Waals surface area contributed by atoms with Crippen LogP contribution in [-0.2, 0) is 25.8 Å². The first-order valence-corrected chi connectivity index (χ1v) is 14.1. The van der Waals surface area contributed by atoms with Crippen LogP contribution in [-0.4, -0.2) is 90.0 Å². The standard InChI is InChI=1S/C27H31N5O5S/c33-15-8-14-31-23-25(35)30(17-32-19-10-5-4-9-18(19)28-29-32)13-7-12-27(23)22(24(31)34)21-20(38-27)11-3-1-2-6-16-37-26(21)36/h3-5,7,9-12,20-23,33H,1-2,6,8,13-17H2/b11-3-/t20-,21+,22+,23?,27+/m1/s1. The highest BCUT2D eigenvalue weighted by atomic mass is 32.2. The number of aromatic nitrogens is 3. The van der Waals surface area contributed by atoms with Crippen LogP contribution in [0.4, 0.5) is 0 Å². The molecular weight excluding hydrogens is 506 g/mol. The third-order valence-corrected chi connectivity index (χ3v) is 9.71. The second-order valence-electron chi connectivity index (χ2n) is 10.2. The van der Waals surface area contributed by atoms with Crippen molar-refractivity contribution in [3.05, 3.63) is 48.6 Å². The van der Waals surface area contributed by atoms with E-state index < -0.39 is 22.6 Å². The molecule has 0 aliphatic carbocycles. The van der Waals surface area contributed by atoms with Crippen LogP contribution in [0.1, 0.15) is 25.7 Å². The van der Waals surface area contributed by atoms with E-state index in [1.165, 1.54) is 11.8 Å². The molecule has 2 saturated heterocycles. The highest BCUT2D eigenvalue weighted by Gasteiger charge is 2.70. The van der Waals surface area contributed by atoms with E-state index >= 15 is 0 Å². The maximum absolute atomic E-state index is 14.3. The molecule has 200 valence electrons. The molecule has 1 N–H and O–H groups in total. The molecule has 5 atom stereocenters. The number of para-hydroxylation sites is 1. The van der Waals surface area contributed by atoms with Crippen LogP contribution < -0.4 is 0 Å². The average molecular weight is 538 g/mol. The number of aliphatic hydroxyl groups excluding tert-OH is 1. The summed E-state index contributed by atoms with van der Waals surface area (Å²) in [5.74, 6) is -2.19. The number of allylic oxidation sites excluding steroid dienone is 1. The molecule has 1 spiro atoms. The van der Waals surface area contributed by atoms with Crippen molar-refractivity contribution in [1.29, 1.82) is 0 Å². The molecule has 4 aliphatic rings. The lowest BCUT2D eigenvalue weighted by Gasteiger charge is -2.35. The Hall–Kier alpha value is -3.18. The molecule has 0 radical (unpaired) electrons. The molecule has 11 heteroatoms. The molecule has 5 heterocycles. The Kier molecular flexibility index (Phi) is 6.73. The second kappa shape index (κ2) is 10.2. The fourth-order valence-corrected chi connectivity index (χ4v) is 8.26. The average Bonchev–Trinajstić information content (AvgIpc) is 3.51. The lowest BCUT2D eigenvalue weighted by Crippen LogP contribution is -2.53. The predicted octanol–water partition coefficient (Wildman–Crippen LogP) is 1.75. The predicted molar refractivity (Wildman–Crippen MR) is 141 cm³/mol. The molecule has 1 unspecified atom stereocenters. The summed E-state index contributed by atoms with van der Waals surface area (Å²) in [7, 11) is 0. The molecule has 0 bridgehead atoms. The fraction of sp³-hybridized carbons (Fsp3) is 0.519. The van der Waals surface area contributed by atoms with Crippen LogP contribution in [0.2, 0.25) is 0 Å². The first-order chi connectivity index (χ1) is 18.5. The minimum atomic E-state index is -0.907. The number of nitrogens with zero attached hydrogens (tertiary/aromatic N) is 5. The van der Waals surface area contributed by atoms with Crippen LogP contribution in [0, 0.1) is 11.8 Å². The van der Waals surface area contributed by atoms with Gasteiger partial charge in [-0.2, -0.15) is 0 Å². The maximum Gasteiger partial charge on any atom is 0.311 e. The molecular formula is C27H31N5O5S. The van der Waals surface area contributed by atoms with Gasteiger partial charge in [-0.25, -0.2) is 4.68 Å². The Labute approximate surface area is 224 Å². The molecule has 4 aliphatic heterocycles.